The molecule has 0 aliphatic heterocycles. The number of amides is 1. The summed E-state index contributed by atoms with van der Waals surface area (Å²) in [6, 6.07) is 10.3. The van der Waals surface area contributed by atoms with Gasteiger partial charge in [-0.2, -0.15) is 5.26 Å². The molecule has 1 N–H and O–H groups in total. The van der Waals surface area contributed by atoms with Gasteiger partial charge in [-0.1, -0.05) is 28.1 Å². The number of likely N-dealkylation sites (N-methyl/N-ethyl adjacent to an activating group) is 1. The second-order valence-corrected chi connectivity index (χ2v) is 6.85. The molecule has 4 nitrogen and oxygen atoms in total. The summed E-state index contributed by atoms with van der Waals surface area (Å²) in [7, 11) is 1.91. The molecular weight excluding hydrogens is 330 g/mol. The van der Waals surface area contributed by atoms with Crippen molar-refractivity contribution in [1.82, 2.24) is 10.2 Å². The first-order chi connectivity index (χ1) is 9.93. The van der Waals surface area contributed by atoms with Crippen molar-refractivity contribution in [3.05, 3.63) is 34.3 Å². The minimum absolute atomic E-state index is 0.0921. The van der Waals surface area contributed by atoms with Crippen LogP contribution in [0.2, 0.25) is 0 Å². The number of carbonyl (C=O) groups is 1. The fraction of sp³-hybridized carbons (Fsp3) is 0.500. The molecule has 2 rings (SSSR count). The molecule has 1 aromatic rings. The number of rotatable bonds is 6. The molecule has 21 heavy (non-hydrogen) atoms. The van der Waals surface area contributed by atoms with Gasteiger partial charge in [-0.05, 0) is 50.4 Å². The van der Waals surface area contributed by atoms with E-state index in [1.54, 1.807) is 0 Å². The fourth-order valence-corrected chi connectivity index (χ4v) is 2.68. The molecule has 0 heterocycles. The van der Waals surface area contributed by atoms with Crippen molar-refractivity contribution >= 4 is 21.8 Å². The molecule has 5 heteroatoms. The lowest BCUT2D eigenvalue weighted by Gasteiger charge is -2.25. The molecule has 112 valence electrons. The Bertz CT molecular complexity index is 548. The van der Waals surface area contributed by atoms with Gasteiger partial charge < -0.3 is 5.32 Å². The number of nitriles is 1. The third-order valence-electron chi connectivity index (χ3n) is 3.80. The van der Waals surface area contributed by atoms with E-state index in [0.29, 0.717) is 19.0 Å². The van der Waals surface area contributed by atoms with Crippen LogP contribution in [0.5, 0.6) is 0 Å². The van der Waals surface area contributed by atoms with Crippen molar-refractivity contribution in [2.75, 3.05) is 13.6 Å². The van der Waals surface area contributed by atoms with Crippen LogP contribution in [0.3, 0.4) is 0 Å². The van der Waals surface area contributed by atoms with Gasteiger partial charge in [0.25, 0.3) is 0 Å². The summed E-state index contributed by atoms with van der Waals surface area (Å²) in [5.41, 5.74) is 0.439. The van der Waals surface area contributed by atoms with Gasteiger partial charge in [-0.25, -0.2) is 0 Å². The first-order valence-electron chi connectivity index (χ1n) is 7.08. The Morgan fingerprint density at radius 2 is 2.10 bits per heavy atom. The number of carbonyl (C=O) groups excluding carboxylic acids is 1. The van der Waals surface area contributed by atoms with E-state index in [4.69, 9.17) is 0 Å². The van der Waals surface area contributed by atoms with Crippen LogP contribution < -0.4 is 5.32 Å². The van der Waals surface area contributed by atoms with E-state index in [0.717, 1.165) is 22.9 Å². The predicted octanol–water partition coefficient (Wildman–Crippen LogP) is 2.69. The SMILES string of the molecule is CN(CC(=O)N[C@@](C)(C#N)C1CC1)Cc1ccc(Br)cc1. The molecule has 0 saturated heterocycles. The largest absolute Gasteiger partial charge is 0.337 e. The summed E-state index contributed by atoms with van der Waals surface area (Å²) >= 11 is 3.40. The van der Waals surface area contributed by atoms with Gasteiger partial charge in [-0.15, -0.1) is 0 Å². The van der Waals surface area contributed by atoms with E-state index in [9.17, 15) is 10.1 Å². The maximum atomic E-state index is 12.1. The highest BCUT2D eigenvalue weighted by Gasteiger charge is 2.42. The number of nitrogens with zero attached hydrogens (tertiary/aromatic N) is 2. The summed E-state index contributed by atoms with van der Waals surface area (Å²) in [6.45, 7) is 2.81. The Morgan fingerprint density at radius 1 is 1.48 bits per heavy atom. The smallest absolute Gasteiger partial charge is 0.235 e. The van der Waals surface area contributed by atoms with Gasteiger partial charge >= 0.3 is 0 Å². The Balaban J connectivity index is 1.84. The zero-order valence-electron chi connectivity index (χ0n) is 12.4. The number of hydrogen-bond acceptors (Lipinski definition) is 3. The van der Waals surface area contributed by atoms with E-state index in [-0.39, 0.29) is 5.91 Å². The third kappa shape index (κ3) is 4.55. The predicted molar refractivity (Wildman–Crippen MR) is 85.4 cm³/mol. The van der Waals surface area contributed by atoms with Gasteiger partial charge in [0, 0.05) is 11.0 Å². The monoisotopic (exact) mass is 349 g/mol. The van der Waals surface area contributed by atoms with E-state index >= 15 is 0 Å². The van der Waals surface area contributed by atoms with Crippen LogP contribution in [-0.2, 0) is 11.3 Å². The Kier molecular flexibility index (Phi) is 5.02. The molecule has 1 aliphatic rings. The van der Waals surface area contributed by atoms with Crippen molar-refractivity contribution in [3.63, 3.8) is 0 Å². The first kappa shape index (κ1) is 16.0. The van der Waals surface area contributed by atoms with Crippen LogP contribution in [0.1, 0.15) is 25.3 Å². The molecular formula is C16H20BrN3O. The number of benzene rings is 1. The molecule has 1 amide bonds. The molecule has 0 unspecified atom stereocenters. The Labute approximate surface area is 134 Å². The molecule has 1 saturated carbocycles. The van der Waals surface area contributed by atoms with Gasteiger partial charge in [0.2, 0.25) is 5.91 Å². The zero-order chi connectivity index (χ0) is 15.5. The highest BCUT2D eigenvalue weighted by Crippen LogP contribution is 2.39. The third-order valence-corrected chi connectivity index (χ3v) is 4.33. The van der Waals surface area contributed by atoms with Crippen molar-refractivity contribution in [3.8, 4) is 6.07 Å². The molecule has 0 bridgehead atoms. The minimum atomic E-state index is -0.713. The van der Waals surface area contributed by atoms with Crippen LogP contribution >= 0.6 is 15.9 Å². The van der Waals surface area contributed by atoms with E-state index in [1.165, 1.54) is 0 Å². The highest BCUT2D eigenvalue weighted by atomic mass is 79.9. The average Bonchev–Trinajstić information content (AvgIpc) is 3.25. The number of halogens is 1. The van der Waals surface area contributed by atoms with Crippen molar-refractivity contribution in [2.24, 2.45) is 5.92 Å². The van der Waals surface area contributed by atoms with Crippen LogP contribution in [0, 0.1) is 17.2 Å². The van der Waals surface area contributed by atoms with Gasteiger partial charge in [0.15, 0.2) is 0 Å². The molecule has 1 aromatic carbocycles. The van der Waals surface area contributed by atoms with Crippen LogP contribution in [0.4, 0.5) is 0 Å². The first-order valence-corrected chi connectivity index (χ1v) is 7.87. The van der Waals surface area contributed by atoms with E-state index in [1.807, 2.05) is 43.1 Å². The minimum Gasteiger partial charge on any atom is -0.337 e. The zero-order valence-corrected chi connectivity index (χ0v) is 14.0. The summed E-state index contributed by atoms with van der Waals surface area (Å²) in [6.07, 6.45) is 2.05. The second kappa shape index (κ2) is 6.59. The topological polar surface area (TPSA) is 56.1 Å². The molecule has 0 aromatic heterocycles. The van der Waals surface area contributed by atoms with E-state index < -0.39 is 5.54 Å². The summed E-state index contributed by atoms with van der Waals surface area (Å²) in [4.78, 5) is 14.0. The fourth-order valence-electron chi connectivity index (χ4n) is 2.41. The summed E-state index contributed by atoms with van der Waals surface area (Å²) < 4.78 is 1.04. The van der Waals surface area contributed by atoms with Crippen molar-refractivity contribution in [1.29, 1.82) is 5.26 Å². The lowest BCUT2D eigenvalue weighted by molar-refractivity contribution is -0.123. The summed E-state index contributed by atoms with van der Waals surface area (Å²) in [5.74, 6) is 0.216. The second-order valence-electron chi connectivity index (χ2n) is 5.94. The normalized spacial score (nSPS) is 17.1. The molecule has 1 fully saturated rings. The van der Waals surface area contributed by atoms with Crippen LogP contribution in [-0.4, -0.2) is 29.9 Å². The maximum Gasteiger partial charge on any atom is 0.235 e. The Hall–Kier alpha value is -1.38. The lowest BCUT2D eigenvalue weighted by Crippen LogP contribution is -2.49. The molecule has 1 aliphatic carbocycles. The number of nitrogens with one attached hydrogen (secondary N) is 1. The molecule has 1 atom stereocenters. The standard InChI is InChI=1S/C16H20BrN3O/c1-16(11-18,13-5-6-13)19-15(21)10-20(2)9-12-3-7-14(17)8-4-12/h3-4,7-8,13H,5-6,9-10H2,1-2H3,(H,19,21)/t16-/m0/s1. The van der Waals surface area contributed by atoms with Crippen LogP contribution in [0.15, 0.2) is 28.7 Å². The van der Waals surface area contributed by atoms with Crippen LogP contribution in [0.25, 0.3) is 0 Å². The van der Waals surface area contributed by atoms with Crippen molar-refractivity contribution < 1.29 is 4.79 Å². The van der Waals surface area contributed by atoms with Crippen molar-refractivity contribution in [2.45, 2.75) is 31.8 Å². The van der Waals surface area contributed by atoms with Gasteiger partial charge in [0.05, 0.1) is 12.6 Å². The lowest BCUT2D eigenvalue weighted by atomic mass is 9.98. The summed E-state index contributed by atoms with van der Waals surface area (Å²) in [5, 5.41) is 12.1. The Morgan fingerprint density at radius 3 is 2.62 bits per heavy atom. The van der Waals surface area contributed by atoms with Gasteiger partial charge in [0.1, 0.15) is 5.54 Å². The molecule has 0 radical (unpaired) electrons. The average molecular weight is 350 g/mol. The molecule has 0 spiro atoms. The highest BCUT2D eigenvalue weighted by molar-refractivity contribution is 9.10. The van der Waals surface area contributed by atoms with E-state index in [2.05, 4.69) is 27.3 Å². The maximum absolute atomic E-state index is 12.1. The number of hydrogen-bond donors (Lipinski definition) is 1. The quantitative estimate of drug-likeness (QED) is 0.858. The van der Waals surface area contributed by atoms with Gasteiger partial charge in [-0.3, -0.25) is 9.69 Å².